The smallest absolute Gasteiger partial charge is 0.253 e. The molecule has 0 N–H and O–H groups in total. The fourth-order valence-corrected chi connectivity index (χ4v) is 1.93. The lowest BCUT2D eigenvalue weighted by molar-refractivity contribution is -0.131. The van der Waals surface area contributed by atoms with Gasteiger partial charge in [-0.05, 0) is 12.5 Å². The molecule has 1 aliphatic carbocycles. The van der Waals surface area contributed by atoms with E-state index in [0.717, 1.165) is 18.4 Å². The molecular weight excluding hydrogens is 216 g/mol. The zero-order chi connectivity index (χ0) is 12.1. The van der Waals surface area contributed by atoms with Crippen molar-refractivity contribution in [1.82, 2.24) is 9.80 Å². The Morgan fingerprint density at radius 1 is 1.18 bits per heavy atom. The Morgan fingerprint density at radius 2 is 1.94 bits per heavy atom. The molecule has 0 saturated carbocycles. The van der Waals surface area contributed by atoms with Gasteiger partial charge < -0.3 is 9.80 Å². The Labute approximate surface area is 101 Å². The minimum absolute atomic E-state index is 0.0540. The van der Waals surface area contributed by atoms with Crippen molar-refractivity contribution in [3.05, 3.63) is 36.0 Å². The summed E-state index contributed by atoms with van der Waals surface area (Å²) in [7, 11) is 0. The van der Waals surface area contributed by atoms with E-state index >= 15 is 0 Å². The van der Waals surface area contributed by atoms with Crippen LogP contribution >= 0.6 is 0 Å². The predicted molar refractivity (Wildman–Crippen MR) is 65.2 cm³/mol. The van der Waals surface area contributed by atoms with Crippen molar-refractivity contribution in [3.8, 4) is 0 Å². The normalized spacial score (nSPS) is 19.9. The summed E-state index contributed by atoms with van der Waals surface area (Å²) in [5, 5.41) is 0. The molecule has 2 rings (SSSR count). The third-order valence-electron chi connectivity index (χ3n) is 2.98. The molecule has 0 spiro atoms. The number of carbonyl (C=O) groups excluding carboxylic acids is 2. The van der Waals surface area contributed by atoms with E-state index in [0.29, 0.717) is 26.2 Å². The topological polar surface area (TPSA) is 40.6 Å². The molecule has 2 aliphatic rings. The van der Waals surface area contributed by atoms with Crippen molar-refractivity contribution < 1.29 is 9.59 Å². The summed E-state index contributed by atoms with van der Waals surface area (Å²) in [5.41, 5.74) is 0.721. The third kappa shape index (κ3) is 2.84. The number of hydrogen-bond donors (Lipinski definition) is 0. The molecule has 1 aliphatic heterocycles. The second-order valence-corrected chi connectivity index (χ2v) is 4.12. The van der Waals surface area contributed by atoms with Crippen LogP contribution in [0.3, 0.4) is 0 Å². The van der Waals surface area contributed by atoms with Crippen LogP contribution in [0, 0.1) is 0 Å². The minimum Gasteiger partial charge on any atom is -0.342 e. The van der Waals surface area contributed by atoms with Gasteiger partial charge in [-0.2, -0.15) is 0 Å². The van der Waals surface area contributed by atoms with Gasteiger partial charge in [0.1, 0.15) is 0 Å². The molecule has 0 unspecified atom stereocenters. The van der Waals surface area contributed by atoms with E-state index in [2.05, 4.69) is 0 Å². The quantitative estimate of drug-likeness (QED) is 0.658. The molecule has 1 saturated heterocycles. The fourth-order valence-electron chi connectivity index (χ4n) is 1.93. The number of allylic oxidation sites excluding steroid dienone is 4. The van der Waals surface area contributed by atoms with E-state index in [1.165, 1.54) is 0 Å². The van der Waals surface area contributed by atoms with Crippen LogP contribution < -0.4 is 0 Å². The van der Waals surface area contributed by atoms with Gasteiger partial charge >= 0.3 is 0 Å². The van der Waals surface area contributed by atoms with Gasteiger partial charge in [0.15, 0.2) is 0 Å². The molecule has 2 amide bonds. The highest BCUT2D eigenvalue weighted by atomic mass is 16.2. The van der Waals surface area contributed by atoms with E-state index < -0.39 is 0 Å². The van der Waals surface area contributed by atoms with Crippen LogP contribution in [-0.2, 0) is 9.59 Å². The molecule has 17 heavy (non-hydrogen) atoms. The van der Waals surface area contributed by atoms with Crippen molar-refractivity contribution >= 4 is 12.3 Å². The lowest BCUT2D eigenvalue weighted by Crippen LogP contribution is -2.48. The maximum atomic E-state index is 12.2. The van der Waals surface area contributed by atoms with Gasteiger partial charge in [-0.15, -0.1) is 0 Å². The zero-order valence-electron chi connectivity index (χ0n) is 9.71. The molecule has 4 heteroatoms. The molecule has 0 aromatic heterocycles. The molecule has 1 fully saturated rings. The highest BCUT2D eigenvalue weighted by Gasteiger charge is 2.21. The molecule has 0 aromatic carbocycles. The van der Waals surface area contributed by atoms with Crippen LogP contribution in [0.1, 0.15) is 6.42 Å². The summed E-state index contributed by atoms with van der Waals surface area (Å²) in [6.07, 6.45) is 11.3. The highest BCUT2D eigenvalue weighted by molar-refractivity contribution is 5.96. The average Bonchev–Trinajstić information content (AvgIpc) is 2.67. The van der Waals surface area contributed by atoms with Gasteiger partial charge in [0.25, 0.3) is 5.91 Å². The minimum atomic E-state index is 0.0540. The van der Waals surface area contributed by atoms with Crippen molar-refractivity contribution in [2.45, 2.75) is 6.42 Å². The van der Waals surface area contributed by atoms with Crippen molar-refractivity contribution in [1.29, 1.82) is 0 Å². The van der Waals surface area contributed by atoms with Gasteiger partial charge in [0.05, 0.1) is 0 Å². The van der Waals surface area contributed by atoms with E-state index in [1.54, 1.807) is 9.80 Å². The van der Waals surface area contributed by atoms with Gasteiger partial charge in [0.2, 0.25) is 6.41 Å². The number of nitrogens with zero attached hydrogens (tertiary/aromatic N) is 2. The van der Waals surface area contributed by atoms with Gasteiger partial charge in [-0.25, -0.2) is 0 Å². The molecular formula is C13H16N2O2. The Morgan fingerprint density at radius 3 is 2.65 bits per heavy atom. The Kier molecular flexibility index (Phi) is 3.75. The molecule has 4 nitrogen and oxygen atoms in total. The van der Waals surface area contributed by atoms with E-state index in [9.17, 15) is 9.59 Å². The summed E-state index contributed by atoms with van der Waals surface area (Å²) in [6, 6.07) is 0. The van der Waals surface area contributed by atoms with E-state index in [-0.39, 0.29) is 5.91 Å². The first-order valence-corrected chi connectivity index (χ1v) is 5.83. The number of carbonyl (C=O) groups is 2. The van der Waals surface area contributed by atoms with Crippen molar-refractivity contribution in [2.75, 3.05) is 26.2 Å². The summed E-state index contributed by atoms with van der Waals surface area (Å²) in [5.74, 6) is 0.0540. The summed E-state index contributed by atoms with van der Waals surface area (Å²) in [4.78, 5) is 26.2. The van der Waals surface area contributed by atoms with E-state index in [4.69, 9.17) is 0 Å². The molecule has 0 radical (unpaired) electrons. The maximum Gasteiger partial charge on any atom is 0.253 e. The number of amides is 2. The molecule has 90 valence electrons. The lowest BCUT2D eigenvalue weighted by Gasteiger charge is -2.32. The molecule has 1 heterocycles. The van der Waals surface area contributed by atoms with Crippen LogP contribution in [0.5, 0.6) is 0 Å². The first-order chi connectivity index (χ1) is 8.31. The van der Waals surface area contributed by atoms with Crippen molar-refractivity contribution in [3.63, 3.8) is 0 Å². The van der Waals surface area contributed by atoms with E-state index in [1.807, 2.05) is 30.4 Å². The van der Waals surface area contributed by atoms with Crippen LogP contribution in [0.25, 0.3) is 0 Å². The summed E-state index contributed by atoms with van der Waals surface area (Å²) >= 11 is 0. The molecule has 0 bridgehead atoms. The number of piperazine rings is 1. The predicted octanol–water partition coefficient (Wildman–Crippen LogP) is 0.729. The van der Waals surface area contributed by atoms with Crippen molar-refractivity contribution in [2.24, 2.45) is 0 Å². The fraction of sp³-hybridized carbons (Fsp3) is 0.385. The Hall–Kier alpha value is -1.84. The Balaban J connectivity index is 1.99. The summed E-state index contributed by atoms with van der Waals surface area (Å²) < 4.78 is 0. The van der Waals surface area contributed by atoms with Gasteiger partial charge in [-0.1, -0.05) is 24.3 Å². The average molecular weight is 232 g/mol. The van der Waals surface area contributed by atoms with Crippen LogP contribution in [0.15, 0.2) is 36.0 Å². The molecule has 0 aromatic rings. The largest absolute Gasteiger partial charge is 0.342 e. The maximum absolute atomic E-state index is 12.2. The lowest BCUT2D eigenvalue weighted by atomic mass is 10.2. The second-order valence-electron chi connectivity index (χ2n) is 4.12. The van der Waals surface area contributed by atoms with Crippen LogP contribution in [0.4, 0.5) is 0 Å². The first-order valence-electron chi connectivity index (χ1n) is 5.83. The first kappa shape index (κ1) is 11.6. The van der Waals surface area contributed by atoms with Crippen LogP contribution in [-0.4, -0.2) is 48.3 Å². The third-order valence-corrected chi connectivity index (χ3v) is 2.98. The number of rotatable bonds is 2. The van der Waals surface area contributed by atoms with Gasteiger partial charge in [0, 0.05) is 31.8 Å². The van der Waals surface area contributed by atoms with Gasteiger partial charge in [-0.3, -0.25) is 9.59 Å². The second kappa shape index (κ2) is 5.48. The van der Waals surface area contributed by atoms with Crippen LogP contribution in [0.2, 0.25) is 0 Å². The highest BCUT2D eigenvalue weighted by Crippen LogP contribution is 2.10. The number of hydrogen-bond acceptors (Lipinski definition) is 2. The zero-order valence-corrected chi connectivity index (χ0v) is 9.71. The summed E-state index contributed by atoms with van der Waals surface area (Å²) in [6.45, 7) is 2.49. The molecule has 0 atom stereocenters. The standard InChI is InChI=1S/C13H16N2O2/c16-11-14-7-9-15(10-8-14)13(17)12-5-3-1-2-4-6-12/h1,3-6,11H,2,7-10H2. The monoisotopic (exact) mass is 232 g/mol. The Bertz CT molecular complexity index is 388. The SMILES string of the molecule is O=CN1CCN(C(=O)C2=CC=CCC=C2)CC1.